The van der Waals surface area contributed by atoms with Crippen molar-refractivity contribution in [2.75, 3.05) is 31.1 Å². The number of halogens is 1. The molecular weight excluding hydrogens is 368 g/mol. The quantitative estimate of drug-likeness (QED) is 0.688. The highest BCUT2D eigenvalue weighted by Crippen LogP contribution is 2.24. The van der Waals surface area contributed by atoms with E-state index in [1.54, 1.807) is 6.20 Å². The van der Waals surface area contributed by atoms with Gasteiger partial charge in [-0.15, -0.1) is 11.3 Å². The van der Waals surface area contributed by atoms with Crippen molar-refractivity contribution in [3.05, 3.63) is 64.8 Å². The average Bonchev–Trinajstić information content (AvgIpc) is 3.18. The maximum absolute atomic E-state index is 12.8. The lowest BCUT2D eigenvalue weighted by Crippen LogP contribution is -2.48. The second-order valence-corrected chi connectivity index (χ2v) is 7.31. The number of benzene rings is 1. The van der Waals surface area contributed by atoms with E-state index in [1.165, 1.54) is 11.3 Å². The van der Waals surface area contributed by atoms with Crippen molar-refractivity contribution in [2.24, 2.45) is 0 Å². The molecule has 3 aromatic rings. The van der Waals surface area contributed by atoms with E-state index in [2.05, 4.69) is 14.9 Å². The van der Waals surface area contributed by atoms with Crippen LogP contribution in [0, 0.1) is 0 Å². The van der Waals surface area contributed by atoms with Gasteiger partial charge in [-0.2, -0.15) is 0 Å². The number of piperazine rings is 1. The Morgan fingerprint density at radius 1 is 1.08 bits per heavy atom. The van der Waals surface area contributed by atoms with Gasteiger partial charge in [0.2, 0.25) is 0 Å². The van der Waals surface area contributed by atoms with Crippen molar-refractivity contribution in [1.29, 1.82) is 0 Å². The Balaban J connectivity index is 1.42. The van der Waals surface area contributed by atoms with Gasteiger partial charge in [0, 0.05) is 48.5 Å². The molecule has 0 saturated carbocycles. The van der Waals surface area contributed by atoms with Crippen LogP contribution in [-0.4, -0.2) is 47.0 Å². The Kier molecular flexibility index (Phi) is 4.86. The molecule has 3 heterocycles. The van der Waals surface area contributed by atoms with Crippen molar-refractivity contribution >= 4 is 34.5 Å². The van der Waals surface area contributed by atoms with Gasteiger partial charge in [-0.05, 0) is 30.3 Å². The topological polar surface area (TPSA) is 49.3 Å². The van der Waals surface area contributed by atoms with E-state index in [-0.39, 0.29) is 5.91 Å². The van der Waals surface area contributed by atoms with Crippen LogP contribution in [-0.2, 0) is 0 Å². The number of aromatic nitrogens is 2. The van der Waals surface area contributed by atoms with Gasteiger partial charge in [-0.25, -0.2) is 4.98 Å². The molecule has 0 N–H and O–H groups in total. The van der Waals surface area contributed by atoms with Gasteiger partial charge in [0.15, 0.2) is 0 Å². The van der Waals surface area contributed by atoms with Crippen LogP contribution in [0.25, 0.3) is 10.7 Å². The maximum atomic E-state index is 12.8. The van der Waals surface area contributed by atoms with Gasteiger partial charge < -0.3 is 9.80 Å². The van der Waals surface area contributed by atoms with Crippen LogP contribution in [0.1, 0.15) is 10.5 Å². The van der Waals surface area contributed by atoms with E-state index in [4.69, 9.17) is 11.6 Å². The number of hydrogen-bond acceptors (Lipinski definition) is 5. The monoisotopic (exact) mass is 384 g/mol. The lowest BCUT2D eigenvalue weighted by atomic mass is 10.2. The van der Waals surface area contributed by atoms with Gasteiger partial charge in [0.05, 0.1) is 5.69 Å². The molecule has 1 aliphatic heterocycles. The molecule has 1 aliphatic rings. The fourth-order valence-corrected chi connectivity index (χ4v) is 3.94. The maximum Gasteiger partial charge on any atom is 0.273 e. The van der Waals surface area contributed by atoms with Crippen molar-refractivity contribution in [2.45, 2.75) is 0 Å². The Labute approximate surface area is 160 Å². The van der Waals surface area contributed by atoms with Gasteiger partial charge >= 0.3 is 0 Å². The predicted octanol–water partition coefficient (Wildman–Crippen LogP) is 3.82. The summed E-state index contributed by atoms with van der Waals surface area (Å²) in [5.41, 5.74) is 2.38. The first-order valence-electron chi connectivity index (χ1n) is 8.37. The number of nitrogens with zero attached hydrogens (tertiary/aromatic N) is 4. The van der Waals surface area contributed by atoms with E-state index in [9.17, 15) is 4.79 Å². The standard InChI is InChI=1S/C19H17ClN4OS/c20-14-4-3-5-15(12-14)23-8-10-24(11-9-23)19(25)17-13-26-18(22-17)16-6-1-2-7-21-16/h1-7,12-13H,8-11H2. The Hall–Kier alpha value is -2.44. The fraction of sp³-hybridized carbons (Fsp3) is 0.211. The highest BCUT2D eigenvalue weighted by Gasteiger charge is 2.24. The molecule has 0 bridgehead atoms. The number of rotatable bonds is 3. The number of hydrogen-bond donors (Lipinski definition) is 0. The summed E-state index contributed by atoms with van der Waals surface area (Å²) in [4.78, 5) is 25.6. The Morgan fingerprint density at radius 3 is 2.65 bits per heavy atom. The predicted molar refractivity (Wildman–Crippen MR) is 105 cm³/mol. The summed E-state index contributed by atoms with van der Waals surface area (Å²) < 4.78 is 0. The molecule has 26 heavy (non-hydrogen) atoms. The van der Waals surface area contributed by atoms with Crippen molar-refractivity contribution in [3.8, 4) is 10.7 Å². The largest absolute Gasteiger partial charge is 0.368 e. The van der Waals surface area contributed by atoms with E-state index in [0.717, 1.165) is 34.5 Å². The van der Waals surface area contributed by atoms with Crippen LogP contribution in [0.15, 0.2) is 54.0 Å². The Morgan fingerprint density at radius 2 is 1.92 bits per heavy atom. The molecule has 0 spiro atoms. The number of carbonyl (C=O) groups is 1. The van der Waals surface area contributed by atoms with Crippen LogP contribution in [0.3, 0.4) is 0 Å². The molecule has 132 valence electrons. The van der Waals surface area contributed by atoms with Crippen LogP contribution >= 0.6 is 22.9 Å². The minimum Gasteiger partial charge on any atom is -0.368 e. The van der Waals surface area contributed by atoms with Crippen molar-refractivity contribution < 1.29 is 4.79 Å². The normalized spacial score (nSPS) is 14.5. The van der Waals surface area contributed by atoms with Crippen molar-refractivity contribution in [1.82, 2.24) is 14.9 Å². The first-order valence-corrected chi connectivity index (χ1v) is 9.63. The first-order chi connectivity index (χ1) is 12.7. The Bertz CT molecular complexity index is 907. The summed E-state index contributed by atoms with van der Waals surface area (Å²) in [6.45, 7) is 2.90. The number of thiazole rings is 1. The van der Waals surface area contributed by atoms with Gasteiger partial charge in [0.1, 0.15) is 10.7 Å². The lowest BCUT2D eigenvalue weighted by molar-refractivity contribution is 0.0742. The zero-order chi connectivity index (χ0) is 17.9. The molecule has 5 nitrogen and oxygen atoms in total. The molecule has 1 saturated heterocycles. The molecule has 0 aliphatic carbocycles. The number of anilines is 1. The zero-order valence-corrected chi connectivity index (χ0v) is 15.6. The van der Waals surface area contributed by atoms with Crippen LogP contribution in [0.5, 0.6) is 0 Å². The summed E-state index contributed by atoms with van der Waals surface area (Å²) in [6, 6.07) is 13.5. The fourth-order valence-electron chi connectivity index (χ4n) is 2.98. The molecule has 7 heteroatoms. The van der Waals surface area contributed by atoms with Crippen LogP contribution < -0.4 is 4.90 Å². The van der Waals surface area contributed by atoms with E-state index < -0.39 is 0 Å². The smallest absolute Gasteiger partial charge is 0.273 e. The SMILES string of the molecule is O=C(c1csc(-c2ccccn2)n1)N1CCN(c2cccc(Cl)c2)CC1. The molecule has 0 atom stereocenters. The first kappa shape index (κ1) is 17.0. The highest BCUT2D eigenvalue weighted by atomic mass is 35.5. The summed E-state index contributed by atoms with van der Waals surface area (Å²) >= 11 is 7.52. The summed E-state index contributed by atoms with van der Waals surface area (Å²) in [7, 11) is 0. The molecule has 0 unspecified atom stereocenters. The summed E-state index contributed by atoms with van der Waals surface area (Å²) in [5, 5.41) is 3.31. The minimum absolute atomic E-state index is 0.0193. The van der Waals surface area contributed by atoms with Crippen LogP contribution in [0.4, 0.5) is 5.69 Å². The van der Waals surface area contributed by atoms with E-state index >= 15 is 0 Å². The van der Waals surface area contributed by atoms with Crippen LogP contribution in [0.2, 0.25) is 5.02 Å². The third kappa shape index (κ3) is 3.57. The lowest BCUT2D eigenvalue weighted by Gasteiger charge is -2.35. The molecule has 1 aromatic carbocycles. The second-order valence-electron chi connectivity index (χ2n) is 6.01. The van der Waals surface area contributed by atoms with Gasteiger partial charge in [-0.3, -0.25) is 9.78 Å². The number of carbonyl (C=O) groups excluding carboxylic acids is 1. The highest BCUT2D eigenvalue weighted by molar-refractivity contribution is 7.13. The molecule has 1 fully saturated rings. The van der Waals surface area contributed by atoms with Crippen molar-refractivity contribution in [3.63, 3.8) is 0 Å². The summed E-state index contributed by atoms with van der Waals surface area (Å²) in [5.74, 6) is -0.0193. The van der Waals surface area contributed by atoms with Gasteiger partial charge in [0.25, 0.3) is 5.91 Å². The van der Waals surface area contributed by atoms with E-state index in [1.807, 2.05) is 52.7 Å². The molecule has 2 aromatic heterocycles. The molecule has 1 amide bonds. The third-order valence-corrected chi connectivity index (χ3v) is 5.45. The second kappa shape index (κ2) is 7.43. The van der Waals surface area contributed by atoms with E-state index in [0.29, 0.717) is 18.8 Å². The molecular formula is C19H17ClN4OS. The minimum atomic E-state index is -0.0193. The molecule has 4 rings (SSSR count). The number of pyridine rings is 1. The number of amides is 1. The van der Waals surface area contributed by atoms with Gasteiger partial charge in [-0.1, -0.05) is 23.7 Å². The zero-order valence-electron chi connectivity index (χ0n) is 14.0. The average molecular weight is 385 g/mol. The summed E-state index contributed by atoms with van der Waals surface area (Å²) in [6.07, 6.45) is 1.73. The molecule has 0 radical (unpaired) electrons. The third-order valence-electron chi connectivity index (χ3n) is 4.35.